The SMILES string of the molecule is c1cnc2ccc(Cc3cnc4ccc(-c5cnn(CCOC6CCCCO6)c5)nn34)cc2c1. The van der Waals surface area contributed by atoms with Gasteiger partial charge < -0.3 is 9.47 Å². The van der Waals surface area contributed by atoms with Crippen molar-refractivity contribution in [2.75, 3.05) is 13.2 Å². The summed E-state index contributed by atoms with van der Waals surface area (Å²) in [6.45, 7) is 2.04. The van der Waals surface area contributed by atoms with E-state index in [0.29, 0.717) is 13.2 Å². The molecule has 1 saturated heterocycles. The monoisotopic (exact) mass is 454 g/mol. The van der Waals surface area contributed by atoms with Crippen LogP contribution in [0.1, 0.15) is 30.5 Å². The van der Waals surface area contributed by atoms with Crippen LogP contribution in [0.4, 0.5) is 0 Å². The predicted molar refractivity (Wildman–Crippen MR) is 128 cm³/mol. The van der Waals surface area contributed by atoms with Crippen molar-refractivity contribution in [3.8, 4) is 11.3 Å². The van der Waals surface area contributed by atoms with Crippen LogP contribution in [-0.4, -0.2) is 48.9 Å². The number of rotatable bonds is 7. The van der Waals surface area contributed by atoms with Crippen LogP contribution in [0.15, 0.2) is 67.3 Å². The Morgan fingerprint density at radius 3 is 3.00 bits per heavy atom. The van der Waals surface area contributed by atoms with Crippen LogP contribution < -0.4 is 0 Å². The molecule has 0 radical (unpaired) electrons. The molecule has 5 heterocycles. The molecule has 1 aliphatic heterocycles. The number of fused-ring (bicyclic) bond motifs is 2. The highest BCUT2D eigenvalue weighted by molar-refractivity contribution is 5.79. The van der Waals surface area contributed by atoms with Gasteiger partial charge in [0, 0.05) is 36.4 Å². The summed E-state index contributed by atoms with van der Waals surface area (Å²) < 4.78 is 15.3. The van der Waals surface area contributed by atoms with E-state index in [4.69, 9.17) is 14.6 Å². The van der Waals surface area contributed by atoms with Gasteiger partial charge in [-0.15, -0.1) is 0 Å². The Morgan fingerprint density at radius 1 is 1.06 bits per heavy atom. The Bertz CT molecular complexity index is 1420. The van der Waals surface area contributed by atoms with Crippen LogP contribution in [0, 0.1) is 0 Å². The molecule has 6 rings (SSSR count). The van der Waals surface area contributed by atoms with E-state index in [-0.39, 0.29) is 6.29 Å². The number of aromatic nitrogens is 6. The molecule has 1 atom stereocenters. The first-order valence-corrected chi connectivity index (χ1v) is 11.8. The van der Waals surface area contributed by atoms with Crippen molar-refractivity contribution in [1.29, 1.82) is 0 Å². The summed E-state index contributed by atoms with van der Waals surface area (Å²) in [7, 11) is 0. The predicted octanol–water partition coefficient (Wildman–Crippen LogP) is 4.28. The topological polar surface area (TPSA) is 79.4 Å². The molecule has 34 heavy (non-hydrogen) atoms. The lowest BCUT2D eigenvalue weighted by Crippen LogP contribution is -2.24. The molecule has 1 fully saturated rings. The fourth-order valence-corrected chi connectivity index (χ4v) is 4.38. The lowest BCUT2D eigenvalue weighted by atomic mass is 10.1. The van der Waals surface area contributed by atoms with Gasteiger partial charge in [0.2, 0.25) is 0 Å². The average molecular weight is 455 g/mol. The summed E-state index contributed by atoms with van der Waals surface area (Å²) in [5.41, 5.74) is 5.88. The fraction of sp³-hybridized carbons (Fsp3) is 0.308. The fourth-order valence-electron chi connectivity index (χ4n) is 4.38. The Morgan fingerprint density at radius 2 is 2.06 bits per heavy atom. The van der Waals surface area contributed by atoms with Crippen LogP contribution >= 0.6 is 0 Å². The van der Waals surface area contributed by atoms with Crippen LogP contribution in [0.2, 0.25) is 0 Å². The van der Waals surface area contributed by atoms with Crippen LogP contribution in [0.5, 0.6) is 0 Å². The normalized spacial score (nSPS) is 16.4. The molecule has 4 aromatic heterocycles. The molecule has 8 nitrogen and oxygen atoms in total. The van der Waals surface area contributed by atoms with Gasteiger partial charge in [-0.2, -0.15) is 10.2 Å². The van der Waals surface area contributed by atoms with Gasteiger partial charge in [-0.1, -0.05) is 12.1 Å². The highest BCUT2D eigenvalue weighted by atomic mass is 16.7. The smallest absolute Gasteiger partial charge is 0.157 e. The van der Waals surface area contributed by atoms with Crippen LogP contribution in [-0.2, 0) is 22.4 Å². The van der Waals surface area contributed by atoms with Gasteiger partial charge in [-0.05, 0) is 55.2 Å². The molecule has 1 aliphatic rings. The number of pyridine rings is 1. The highest BCUT2D eigenvalue weighted by Gasteiger charge is 2.14. The minimum atomic E-state index is -0.0774. The second-order valence-electron chi connectivity index (χ2n) is 8.60. The summed E-state index contributed by atoms with van der Waals surface area (Å²) in [6.07, 6.45) is 11.5. The van der Waals surface area contributed by atoms with E-state index in [1.807, 2.05) is 52.2 Å². The zero-order valence-corrected chi connectivity index (χ0v) is 18.9. The first-order valence-electron chi connectivity index (χ1n) is 11.8. The maximum Gasteiger partial charge on any atom is 0.157 e. The second-order valence-corrected chi connectivity index (χ2v) is 8.60. The quantitative estimate of drug-likeness (QED) is 0.365. The van der Waals surface area contributed by atoms with Crippen molar-refractivity contribution < 1.29 is 9.47 Å². The number of hydrogen-bond acceptors (Lipinski definition) is 6. The van der Waals surface area contributed by atoms with Gasteiger partial charge in [0.1, 0.15) is 0 Å². The average Bonchev–Trinajstić information content (AvgIpc) is 3.52. The largest absolute Gasteiger partial charge is 0.353 e. The van der Waals surface area contributed by atoms with Gasteiger partial charge in [0.25, 0.3) is 0 Å². The zero-order valence-electron chi connectivity index (χ0n) is 18.9. The van der Waals surface area contributed by atoms with Crippen molar-refractivity contribution >= 4 is 16.6 Å². The number of ether oxygens (including phenoxy) is 2. The Hall–Kier alpha value is -3.62. The van der Waals surface area contributed by atoms with Crippen molar-refractivity contribution in [3.63, 3.8) is 0 Å². The Kier molecular flexibility index (Phi) is 5.74. The summed E-state index contributed by atoms with van der Waals surface area (Å²) in [6, 6.07) is 14.4. The van der Waals surface area contributed by atoms with Gasteiger partial charge in [0.05, 0.1) is 42.4 Å². The van der Waals surface area contributed by atoms with E-state index in [1.165, 1.54) is 12.0 Å². The zero-order chi connectivity index (χ0) is 22.7. The summed E-state index contributed by atoms with van der Waals surface area (Å²) in [4.78, 5) is 8.95. The summed E-state index contributed by atoms with van der Waals surface area (Å²) in [5, 5.41) is 10.5. The molecule has 0 saturated carbocycles. The van der Waals surface area contributed by atoms with E-state index >= 15 is 0 Å². The van der Waals surface area contributed by atoms with E-state index in [9.17, 15) is 0 Å². The first kappa shape index (κ1) is 20.9. The third-order valence-electron chi connectivity index (χ3n) is 6.18. The summed E-state index contributed by atoms with van der Waals surface area (Å²) in [5.74, 6) is 0. The van der Waals surface area contributed by atoms with E-state index in [0.717, 1.165) is 59.4 Å². The van der Waals surface area contributed by atoms with Gasteiger partial charge in [-0.25, -0.2) is 9.50 Å². The highest BCUT2D eigenvalue weighted by Crippen LogP contribution is 2.20. The number of nitrogens with zero attached hydrogens (tertiary/aromatic N) is 6. The van der Waals surface area contributed by atoms with Crippen LogP contribution in [0.25, 0.3) is 27.8 Å². The summed E-state index contributed by atoms with van der Waals surface area (Å²) >= 11 is 0. The molecule has 172 valence electrons. The standard InChI is InChI=1S/C26H26N6O2/c1-2-12-33-26(5-1)34-13-11-31-18-21(16-29-31)24-8-9-25-28-17-22(32(25)30-24)15-19-6-7-23-20(14-19)4-3-10-27-23/h3-4,6-10,14,16-18,26H,1-2,5,11-13,15H2. The minimum absolute atomic E-state index is 0.0774. The second kappa shape index (κ2) is 9.32. The van der Waals surface area contributed by atoms with Crippen LogP contribution in [0.3, 0.4) is 0 Å². The third kappa shape index (κ3) is 4.42. The van der Waals surface area contributed by atoms with E-state index in [1.54, 1.807) is 0 Å². The molecular formula is C26H26N6O2. The lowest BCUT2D eigenvalue weighted by Gasteiger charge is -2.22. The molecule has 0 spiro atoms. The molecule has 1 aromatic carbocycles. The molecule has 0 amide bonds. The van der Waals surface area contributed by atoms with E-state index in [2.05, 4.69) is 39.3 Å². The van der Waals surface area contributed by atoms with Crippen molar-refractivity contribution in [2.24, 2.45) is 0 Å². The van der Waals surface area contributed by atoms with Crippen molar-refractivity contribution in [3.05, 3.63) is 78.5 Å². The minimum Gasteiger partial charge on any atom is -0.353 e. The van der Waals surface area contributed by atoms with Gasteiger partial charge in [0.15, 0.2) is 11.9 Å². The third-order valence-corrected chi connectivity index (χ3v) is 6.18. The molecular weight excluding hydrogens is 428 g/mol. The van der Waals surface area contributed by atoms with Gasteiger partial charge >= 0.3 is 0 Å². The van der Waals surface area contributed by atoms with Gasteiger partial charge in [-0.3, -0.25) is 9.67 Å². The Balaban J connectivity index is 1.18. The molecule has 5 aromatic rings. The van der Waals surface area contributed by atoms with E-state index < -0.39 is 0 Å². The Labute approximate surface area is 197 Å². The molecule has 1 unspecified atom stereocenters. The number of imidazole rings is 1. The van der Waals surface area contributed by atoms with Crippen molar-refractivity contribution in [2.45, 2.75) is 38.5 Å². The number of benzene rings is 1. The number of hydrogen-bond donors (Lipinski definition) is 0. The maximum atomic E-state index is 5.83. The van der Waals surface area contributed by atoms with Crippen molar-refractivity contribution in [1.82, 2.24) is 29.4 Å². The maximum absolute atomic E-state index is 5.83. The molecule has 0 bridgehead atoms. The molecule has 0 aliphatic carbocycles. The lowest BCUT2D eigenvalue weighted by molar-refractivity contribution is -0.163. The molecule has 0 N–H and O–H groups in total. The first-order chi connectivity index (χ1) is 16.8. The molecule has 8 heteroatoms.